The standard InChI is InChI=1S/C13H16N2O2/c1-9-3-4-11(10(2)7-9)13(17)15-6-5-14-12(16)8-15/h3-4,7H,5-6,8H2,1-2H3,(H,14,16). The Morgan fingerprint density at radius 3 is 2.76 bits per heavy atom. The van der Waals surface area contributed by atoms with Crippen LogP contribution in [0.3, 0.4) is 0 Å². The summed E-state index contributed by atoms with van der Waals surface area (Å²) in [4.78, 5) is 25.1. The Hall–Kier alpha value is -1.84. The molecule has 2 amide bonds. The average molecular weight is 232 g/mol. The number of carbonyl (C=O) groups is 2. The van der Waals surface area contributed by atoms with E-state index in [2.05, 4.69) is 5.32 Å². The van der Waals surface area contributed by atoms with Crippen LogP contribution >= 0.6 is 0 Å². The molecule has 0 unspecified atom stereocenters. The van der Waals surface area contributed by atoms with Crippen LogP contribution in [0, 0.1) is 13.8 Å². The predicted octanol–water partition coefficient (Wildman–Crippen LogP) is 0.875. The Labute approximate surface area is 101 Å². The first kappa shape index (κ1) is 11.6. The van der Waals surface area contributed by atoms with E-state index < -0.39 is 0 Å². The first-order valence-electron chi connectivity index (χ1n) is 5.71. The van der Waals surface area contributed by atoms with Gasteiger partial charge in [-0.2, -0.15) is 0 Å². The number of amides is 2. The molecule has 4 nitrogen and oxygen atoms in total. The fraction of sp³-hybridized carbons (Fsp3) is 0.385. The smallest absolute Gasteiger partial charge is 0.254 e. The van der Waals surface area contributed by atoms with Crippen molar-refractivity contribution >= 4 is 11.8 Å². The first-order valence-corrected chi connectivity index (χ1v) is 5.71. The monoisotopic (exact) mass is 232 g/mol. The molecule has 1 fully saturated rings. The highest BCUT2D eigenvalue weighted by atomic mass is 16.2. The van der Waals surface area contributed by atoms with E-state index in [1.165, 1.54) is 0 Å². The van der Waals surface area contributed by atoms with Gasteiger partial charge in [-0.15, -0.1) is 0 Å². The molecule has 0 bridgehead atoms. The van der Waals surface area contributed by atoms with E-state index in [4.69, 9.17) is 0 Å². The molecule has 0 saturated carbocycles. The van der Waals surface area contributed by atoms with Gasteiger partial charge in [0.05, 0.1) is 6.54 Å². The molecular formula is C13H16N2O2. The molecule has 0 aliphatic carbocycles. The van der Waals surface area contributed by atoms with Gasteiger partial charge in [0.2, 0.25) is 5.91 Å². The third-order valence-corrected chi connectivity index (χ3v) is 2.94. The summed E-state index contributed by atoms with van der Waals surface area (Å²) < 4.78 is 0. The molecule has 0 aromatic heterocycles. The Morgan fingerprint density at radius 2 is 2.12 bits per heavy atom. The zero-order valence-electron chi connectivity index (χ0n) is 10.1. The average Bonchev–Trinajstić information content (AvgIpc) is 2.28. The van der Waals surface area contributed by atoms with Crippen molar-refractivity contribution in [2.75, 3.05) is 19.6 Å². The van der Waals surface area contributed by atoms with Crippen LogP contribution < -0.4 is 5.32 Å². The number of hydrogen-bond acceptors (Lipinski definition) is 2. The Bertz CT molecular complexity index is 468. The molecule has 1 N–H and O–H groups in total. The summed E-state index contributed by atoms with van der Waals surface area (Å²) in [6.07, 6.45) is 0. The van der Waals surface area contributed by atoms with Crippen LogP contribution in [0.5, 0.6) is 0 Å². The molecule has 2 rings (SSSR count). The number of piperazine rings is 1. The summed E-state index contributed by atoms with van der Waals surface area (Å²) in [6, 6.07) is 5.74. The minimum atomic E-state index is -0.0886. The summed E-state index contributed by atoms with van der Waals surface area (Å²) in [5, 5.41) is 2.71. The minimum absolute atomic E-state index is 0.0580. The fourth-order valence-corrected chi connectivity index (χ4v) is 2.04. The highest BCUT2D eigenvalue weighted by Gasteiger charge is 2.23. The lowest BCUT2D eigenvalue weighted by Gasteiger charge is -2.27. The number of nitrogens with zero attached hydrogens (tertiary/aromatic N) is 1. The normalized spacial score (nSPS) is 15.6. The zero-order valence-corrected chi connectivity index (χ0v) is 10.1. The maximum Gasteiger partial charge on any atom is 0.254 e. The molecule has 17 heavy (non-hydrogen) atoms. The highest BCUT2D eigenvalue weighted by molar-refractivity contribution is 5.98. The van der Waals surface area contributed by atoms with Crippen molar-refractivity contribution < 1.29 is 9.59 Å². The van der Waals surface area contributed by atoms with E-state index in [9.17, 15) is 9.59 Å². The van der Waals surface area contributed by atoms with Crippen LogP contribution in [0.25, 0.3) is 0 Å². The minimum Gasteiger partial charge on any atom is -0.353 e. The number of aryl methyl sites for hydroxylation is 2. The lowest BCUT2D eigenvalue weighted by atomic mass is 10.0. The lowest BCUT2D eigenvalue weighted by molar-refractivity contribution is -0.123. The highest BCUT2D eigenvalue weighted by Crippen LogP contribution is 2.13. The van der Waals surface area contributed by atoms with Crippen molar-refractivity contribution in [3.05, 3.63) is 34.9 Å². The van der Waals surface area contributed by atoms with E-state index in [0.717, 1.165) is 11.1 Å². The van der Waals surface area contributed by atoms with Crippen LogP contribution in [0.15, 0.2) is 18.2 Å². The van der Waals surface area contributed by atoms with Crippen molar-refractivity contribution in [3.63, 3.8) is 0 Å². The Kier molecular flexibility index (Phi) is 3.13. The largest absolute Gasteiger partial charge is 0.353 e. The fourth-order valence-electron chi connectivity index (χ4n) is 2.04. The first-order chi connectivity index (χ1) is 8.08. The summed E-state index contributed by atoms with van der Waals surface area (Å²) in [7, 11) is 0. The van der Waals surface area contributed by atoms with E-state index in [1.54, 1.807) is 4.90 Å². The van der Waals surface area contributed by atoms with Gasteiger partial charge in [0, 0.05) is 18.7 Å². The Balaban J connectivity index is 2.21. The van der Waals surface area contributed by atoms with Gasteiger partial charge in [0.1, 0.15) is 0 Å². The third-order valence-electron chi connectivity index (χ3n) is 2.94. The number of nitrogens with one attached hydrogen (secondary N) is 1. The summed E-state index contributed by atoms with van der Waals surface area (Å²) in [5.74, 6) is -0.147. The van der Waals surface area contributed by atoms with Crippen LogP contribution in [-0.4, -0.2) is 36.3 Å². The predicted molar refractivity (Wildman–Crippen MR) is 64.8 cm³/mol. The second kappa shape index (κ2) is 4.57. The van der Waals surface area contributed by atoms with Crippen molar-refractivity contribution in [1.29, 1.82) is 0 Å². The number of rotatable bonds is 1. The second-order valence-electron chi connectivity index (χ2n) is 4.40. The van der Waals surface area contributed by atoms with Gasteiger partial charge in [0.15, 0.2) is 0 Å². The van der Waals surface area contributed by atoms with Gasteiger partial charge in [-0.25, -0.2) is 0 Å². The maximum atomic E-state index is 12.2. The molecule has 1 saturated heterocycles. The Morgan fingerprint density at radius 1 is 1.35 bits per heavy atom. The molecule has 90 valence electrons. The molecule has 1 aromatic carbocycles. The molecule has 1 aliphatic heterocycles. The van der Waals surface area contributed by atoms with Crippen molar-refractivity contribution in [2.45, 2.75) is 13.8 Å². The van der Waals surface area contributed by atoms with Crippen LogP contribution in [-0.2, 0) is 4.79 Å². The quantitative estimate of drug-likeness (QED) is 0.781. The van der Waals surface area contributed by atoms with Crippen LogP contribution in [0.4, 0.5) is 0 Å². The van der Waals surface area contributed by atoms with Gasteiger partial charge in [-0.3, -0.25) is 9.59 Å². The van der Waals surface area contributed by atoms with E-state index in [1.807, 2.05) is 32.0 Å². The molecule has 1 heterocycles. The summed E-state index contributed by atoms with van der Waals surface area (Å²) >= 11 is 0. The van der Waals surface area contributed by atoms with Gasteiger partial charge in [-0.1, -0.05) is 17.7 Å². The molecular weight excluding hydrogens is 216 g/mol. The molecule has 1 aliphatic rings. The second-order valence-corrected chi connectivity index (χ2v) is 4.40. The number of hydrogen-bond donors (Lipinski definition) is 1. The molecule has 1 aromatic rings. The molecule has 0 atom stereocenters. The van der Waals surface area contributed by atoms with Crippen molar-refractivity contribution in [3.8, 4) is 0 Å². The van der Waals surface area contributed by atoms with Gasteiger partial charge < -0.3 is 10.2 Å². The zero-order chi connectivity index (χ0) is 12.4. The van der Waals surface area contributed by atoms with Gasteiger partial charge >= 0.3 is 0 Å². The van der Waals surface area contributed by atoms with Crippen molar-refractivity contribution in [1.82, 2.24) is 10.2 Å². The third kappa shape index (κ3) is 2.46. The van der Waals surface area contributed by atoms with E-state index in [0.29, 0.717) is 18.7 Å². The summed E-state index contributed by atoms with van der Waals surface area (Å²) in [6.45, 7) is 5.19. The lowest BCUT2D eigenvalue weighted by Crippen LogP contribution is -2.50. The SMILES string of the molecule is Cc1ccc(C(=O)N2CCNC(=O)C2)c(C)c1. The van der Waals surface area contributed by atoms with Gasteiger partial charge in [0.25, 0.3) is 5.91 Å². The van der Waals surface area contributed by atoms with Crippen LogP contribution in [0.1, 0.15) is 21.5 Å². The molecule has 0 radical (unpaired) electrons. The van der Waals surface area contributed by atoms with E-state index >= 15 is 0 Å². The van der Waals surface area contributed by atoms with E-state index in [-0.39, 0.29) is 18.4 Å². The number of carbonyl (C=O) groups excluding carboxylic acids is 2. The molecule has 0 spiro atoms. The topological polar surface area (TPSA) is 49.4 Å². The maximum absolute atomic E-state index is 12.2. The molecule has 4 heteroatoms. The van der Waals surface area contributed by atoms with Crippen LogP contribution in [0.2, 0.25) is 0 Å². The number of benzene rings is 1. The van der Waals surface area contributed by atoms with Gasteiger partial charge in [-0.05, 0) is 25.5 Å². The summed E-state index contributed by atoms with van der Waals surface area (Å²) in [5.41, 5.74) is 2.78. The van der Waals surface area contributed by atoms with Crippen molar-refractivity contribution in [2.24, 2.45) is 0 Å².